The highest BCUT2D eigenvalue weighted by Crippen LogP contribution is 2.32. The van der Waals surface area contributed by atoms with Crippen LogP contribution in [0.5, 0.6) is 0 Å². The van der Waals surface area contributed by atoms with Gasteiger partial charge in [0.05, 0.1) is 25.3 Å². The maximum absolute atomic E-state index is 14.7. The first-order valence-corrected chi connectivity index (χ1v) is 31.2. The van der Waals surface area contributed by atoms with Crippen molar-refractivity contribution in [3.05, 3.63) is 35.4 Å². The third kappa shape index (κ3) is 17.8. The number of nitrogens with one attached hydrogen (secondary N) is 6. The summed E-state index contributed by atoms with van der Waals surface area (Å²) in [6.07, 6.45) is 10.7. The summed E-state index contributed by atoms with van der Waals surface area (Å²) in [6.45, 7) is 2.30. The number of rotatable bonds is 27. The first-order chi connectivity index (χ1) is 41.1. The van der Waals surface area contributed by atoms with Crippen LogP contribution in [-0.2, 0) is 60.9 Å². The monoisotopic (exact) mass is 1200 g/mol. The van der Waals surface area contributed by atoms with Crippen LogP contribution in [0.3, 0.4) is 0 Å². The Hall–Kier alpha value is -6.93. The summed E-state index contributed by atoms with van der Waals surface area (Å²) in [7, 11) is 0. The third-order valence-electron chi connectivity index (χ3n) is 18.2. The van der Waals surface area contributed by atoms with E-state index in [-0.39, 0.29) is 82.0 Å². The fourth-order valence-corrected chi connectivity index (χ4v) is 13.7. The van der Waals surface area contributed by atoms with Crippen LogP contribution in [0.15, 0.2) is 29.3 Å². The van der Waals surface area contributed by atoms with E-state index in [0.717, 1.165) is 68.9 Å². The minimum Gasteiger partial charge on any atom is -0.480 e. The number of nitrogens with two attached hydrogens (primary N) is 3. The highest BCUT2D eigenvalue weighted by molar-refractivity contribution is 5.99. The van der Waals surface area contributed by atoms with E-state index in [1.165, 1.54) is 14.7 Å². The van der Waals surface area contributed by atoms with Gasteiger partial charge in [-0.1, -0.05) is 95.9 Å². The summed E-state index contributed by atoms with van der Waals surface area (Å²) in [6, 6.07) is -3.32. The summed E-state index contributed by atoms with van der Waals surface area (Å²) in [5, 5.41) is 48.0. The molecule has 2 unspecified atom stereocenters. The smallest absolute Gasteiger partial charge is 0.326 e. The second-order valence-electron chi connectivity index (χ2n) is 25.0. The van der Waals surface area contributed by atoms with Gasteiger partial charge in [-0.15, -0.1) is 0 Å². The van der Waals surface area contributed by atoms with Gasteiger partial charge in [0.1, 0.15) is 48.3 Å². The van der Waals surface area contributed by atoms with Crippen LogP contribution in [0, 0.1) is 23.7 Å². The lowest BCUT2D eigenvalue weighted by molar-refractivity contribution is -0.148. The number of nitrogens with zero attached hydrogens (tertiary/aromatic N) is 4. The fourth-order valence-electron chi connectivity index (χ4n) is 13.7. The van der Waals surface area contributed by atoms with E-state index in [4.69, 9.17) is 17.2 Å². The molecule has 1 aromatic rings. The number of likely N-dealkylation sites (tertiary alicyclic amines) is 2. The molecule has 15 N–H and O–H groups in total. The minimum atomic E-state index is -1.57. The lowest BCUT2D eigenvalue weighted by Gasteiger charge is -2.38. The van der Waals surface area contributed by atoms with Crippen LogP contribution in [0.1, 0.15) is 153 Å². The number of carbonyl (C=O) groups is 10. The van der Waals surface area contributed by atoms with E-state index in [1.807, 2.05) is 19.9 Å². The average molecular weight is 1200 g/mol. The molecular weight excluding hydrogens is 1110 g/mol. The normalized spacial score (nSPS) is 23.0. The van der Waals surface area contributed by atoms with E-state index in [1.54, 1.807) is 18.2 Å². The lowest BCUT2D eigenvalue weighted by atomic mass is 9.84. The molecule has 0 bridgehead atoms. The van der Waals surface area contributed by atoms with E-state index in [9.17, 15) is 63.3 Å². The standard InChI is InChI=1S/C60H93N13O13/c1-34(2)26-41(61)51(77)67-43(27-35-14-4-3-5-15-35)52(78)66-42(22-12-24-64-60(62)63)56(82)71-25-13-23-45(71)58(84)73-32-40(75)29-47(73)53(79)65-30-48(76)69-49(36-16-6-7-17-36)55(81)68-44(33-74)57(83)72-31-39-21-11-10-20-38(39)28-46(72)54(80)70-50(59(85)86)37-18-8-9-19-37/h10-11,20-21,34-37,40-47,49-50,74-75H,3-9,12-19,22-33,61H2,1-2H3,(H,65,79)(H,66,78)(H,67,77)(H,68,81)(H,69,76)(H,70,80)(H,85,86)(H4,62,63,64)/t40-,41+,42+,43+,44+,45+,46-,47+,49?,50?/m1/s1. The summed E-state index contributed by atoms with van der Waals surface area (Å²) in [5.41, 5.74) is 18.9. The molecule has 26 heteroatoms. The van der Waals surface area contributed by atoms with Gasteiger partial charge >= 0.3 is 5.97 Å². The zero-order valence-electron chi connectivity index (χ0n) is 49.9. The van der Waals surface area contributed by atoms with Crippen molar-refractivity contribution in [2.75, 3.05) is 32.8 Å². The van der Waals surface area contributed by atoms with Crippen LogP contribution in [0.2, 0.25) is 0 Å². The van der Waals surface area contributed by atoms with Crippen LogP contribution >= 0.6 is 0 Å². The first-order valence-electron chi connectivity index (χ1n) is 31.2. The molecule has 476 valence electrons. The van der Waals surface area contributed by atoms with E-state index >= 15 is 0 Å². The van der Waals surface area contributed by atoms with Crippen molar-refractivity contribution in [1.82, 2.24) is 46.6 Å². The number of carboxylic acid groups (broad SMARTS) is 1. The molecule has 9 amide bonds. The van der Waals surface area contributed by atoms with Crippen LogP contribution < -0.4 is 49.1 Å². The van der Waals surface area contributed by atoms with Gasteiger partial charge in [-0.25, -0.2) is 4.79 Å². The highest BCUT2D eigenvalue weighted by Gasteiger charge is 2.47. The molecule has 3 heterocycles. The van der Waals surface area contributed by atoms with Crippen LogP contribution in [-0.4, -0.2) is 188 Å². The maximum atomic E-state index is 14.7. The molecule has 0 radical (unpaired) electrons. The zero-order valence-corrected chi connectivity index (χ0v) is 49.9. The van der Waals surface area contributed by atoms with Crippen LogP contribution in [0.4, 0.5) is 0 Å². The molecule has 86 heavy (non-hydrogen) atoms. The molecule has 5 fully saturated rings. The summed E-state index contributed by atoms with van der Waals surface area (Å²) >= 11 is 0. The van der Waals surface area contributed by atoms with Crippen molar-refractivity contribution < 1.29 is 63.3 Å². The number of benzene rings is 1. The summed E-state index contributed by atoms with van der Waals surface area (Å²) in [5.74, 6) is -7.79. The van der Waals surface area contributed by atoms with E-state index in [2.05, 4.69) is 36.9 Å². The van der Waals surface area contributed by atoms with Gasteiger partial charge in [-0.3, -0.25) is 48.1 Å². The Bertz CT molecular complexity index is 2600. The lowest BCUT2D eigenvalue weighted by Crippen LogP contribution is -2.62. The molecule has 6 aliphatic rings. The quantitative estimate of drug-likeness (QED) is 0.0294. The number of aliphatic carboxylic acids is 1. The highest BCUT2D eigenvalue weighted by atomic mass is 16.4. The number of hydrogen-bond acceptors (Lipinski definition) is 14. The summed E-state index contributed by atoms with van der Waals surface area (Å²) < 4.78 is 0. The van der Waals surface area contributed by atoms with Gasteiger partial charge in [0.15, 0.2) is 5.96 Å². The molecule has 7 rings (SSSR count). The third-order valence-corrected chi connectivity index (χ3v) is 18.2. The van der Waals surface area contributed by atoms with E-state index < -0.39 is 139 Å². The largest absolute Gasteiger partial charge is 0.480 e. The zero-order chi connectivity index (χ0) is 62.2. The minimum absolute atomic E-state index is 0.0545. The number of aliphatic imine (C=N–C) groups is 1. The number of fused-ring (bicyclic) bond motifs is 1. The molecule has 3 aliphatic heterocycles. The van der Waals surface area contributed by atoms with Gasteiger partial charge in [0.2, 0.25) is 53.2 Å². The Labute approximate surface area is 503 Å². The van der Waals surface area contributed by atoms with Crippen molar-refractivity contribution in [2.45, 2.75) is 216 Å². The number of guanidine groups is 1. The van der Waals surface area contributed by atoms with Gasteiger partial charge in [0, 0.05) is 39.0 Å². The maximum Gasteiger partial charge on any atom is 0.326 e. The SMILES string of the molecule is CC(C)C[C@H](N)C(=O)N[C@@H](CC1CCCCC1)C(=O)N[C@@H](CCCN=C(N)N)C(=O)N1CCC[C@H]1C(=O)N1C[C@H](O)C[C@H]1C(=O)NCC(=O)NC(C(=O)N[C@@H](CO)C(=O)N1Cc2ccccc2C[C@@H]1C(=O)NC(C(=O)O)C1CCCC1)C1CCCC1. The number of aliphatic hydroxyl groups is 2. The van der Waals surface area contributed by atoms with Gasteiger partial charge in [-0.05, 0) is 99.0 Å². The Balaban J connectivity index is 0.996. The van der Waals surface area contributed by atoms with Crippen molar-refractivity contribution in [3.63, 3.8) is 0 Å². The second-order valence-corrected chi connectivity index (χ2v) is 25.0. The molecule has 0 spiro atoms. The number of β-amino-alcohol motifs (C(OH)–C–C–N with tert-alkyl or cyclic N) is 1. The number of amides is 9. The molecule has 3 saturated carbocycles. The van der Waals surface area contributed by atoms with Gasteiger partial charge < -0.3 is 79.1 Å². The predicted octanol–water partition coefficient (Wildman–Crippen LogP) is -0.712. The Morgan fingerprint density at radius 1 is 0.663 bits per heavy atom. The van der Waals surface area contributed by atoms with Crippen molar-refractivity contribution >= 4 is 65.1 Å². The average Bonchev–Trinajstić information content (AvgIpc) is 4.47. The number of hydrogen-bond donors (Lipinski definition) is 12. The summed E-state index contributed by atoms with van der Waals surface area (Å²) in [4.78, 5) is 148. The van der Waals surface area contributed by atoms with Crippen molar-refractivity contribution in [2.24, 2.45) is 45.9 Å². The number of carboxylic acids is 1. The van der Waals surface area contributed by atoms with Crippen molar-refractivity contribution in [1.29, 1.82) is 0 Å². The molecular formula is C60H93N13O13. The predicted molar refractivity (Wildman–Crippen MR) is 315 cm³/mol. The Kier molecular flexibility index (Phi) is 24.5. The molecule has 26 nitrogen and oxygen atoms in total. The van der Waals surface area contributed by atoms with E-state index in [0.29, 0.717) is 44.9 Å². The fraction of sp³-hybridized carbons (Fsp3) is 0.717. The van der Waals surface area contributed by atoms with Crippen molar-refractivity contribution in [3.8, 4) is 0 Å². The first kappa shape index (κ1) is 66.6. The molecule has 1 aromatic carbocycles. The van der Waals surface area contributed by atoms with Gasteiger partial charge in [-0.2, -0.15) is 0 Å². The van der Waals surface area contributed by atoms with Crippen LogP contribution in [0.25, 0.3) is 0 Å². The molecule has 3 aliphatic carbocycles. The second kappa shape index (κ2) is 31.6. The molecule has 0 aromatic heterocycles. The Morgan fingerprint density at radius 2 is 1.28 bits per heavy atom. The number of aliphatic hydroxyl groups excluding tert-OH is 2. The molecule has 2 saturated heterocycles. The number of carbonyl (C=O) groups excluding carboxylic acids is 9. The topological polar surface area (TPSA) is 404 Å². The van der Waals surface area contributed by atoms with Gasteiger partial charge in [0.25, 0.3) is 0 Å². The Morgan fingerprint density at radius 3 is 1.92 bits per heavy atom. The molecule has 10 atom stereocenters.